The van der Waals surface area contributed by atoms with Crippen molar-refractivity contribution in [1.29, 1.82) is 0 Å². The van der Waals surface area contributed by atoms with Crippen LogP contribution >= 0.6 is 0 Å². The fraction of sp³-hybridized carbons (Fsp3) is 0.846. The first-order valence-electron chi connectivity index (χ1n) is 6.88. The first-order valence-corrected chi connectivity index (χ1v) is 6.88. The molecular formula is C13H20N2O3. The quantitative estimate of drug-likeness (QED) is 0.748. The zero-order valence-electron chi connectivity index (χ0n) is 10.5. The van der Waals surface area contributed by atoms with Crippen molar-refractivity contribution in [3.05, 3.63) is 0 Å². The maximum atomic E-state index is 11.8. The van der Waals surface area contributed by atoms with Gasteiger partial charge in [-0.25, -0.2) is 4.79 Å². The van der Waals surface area contributed by atoms with Crippen molar-refractivity contribution in [3.8, 4) is 0 Å². The Hall–Kier alpha value is -1.10. The standard InChI is InChI=1S/C13H20N2O3/c16-9-15(10-3-4-10)13(12(17)18)5-7-14-6-1-2-11(14)8-13/h9-11H,1-8H2,(H,17,18). The molecule has 0 spiro atoms. The molecule has 0 aromatic heterocycles. The molecule has 3 fully saturated rings. The average Bonchev–Trinajstić information content (AvgIpc) is 3.07. The van der Waals surface area contributed by atoms with Crippen molar-refractivity contribution < 1.29 is 14.7 Å². The molecule has 0 aromatic rings. The van der Waals surface area contributed by atoms with Crippen LogP contribution in [0.3, 0.4) is 0 Å². The van der Waals surface area contributed by atoms with Crippen molar-refractivity contribution in [2.24, 2.45) is 0 Å². The van der Waals surface area contributed by atoms with E-state index in [-0.39, 0.29) is 6.04 Å². The van der Waals surface area contributed by atoms with Crippen LogP contribution in [-0.2, 0) is 9.59 Å². The number of carbonyl (C=O) groups excluding carboxylic acids is 1. The number of carbonyl (C=O) groups is 2. The van der Waals surface area contributed by atoms with Crippen molar-refractivity contribution in [1.82, 2.24) is 9.80 Å². The van der Waals surface area contributed by atoms with Crippen LogP contribution in [0.4, 0.5) is 0 Å². The van der Waals surface area contributed by atoms with E-state index in [1.165, 1.54) is 0 Å². The molecule has 1 amide bonds. The van der Waals surface area contributed by atoms with Gasteiger partial charge in [0.2, 0.25) is 6.41 Å². The molecule has 0 aromatic carbocycles. The van der Waals surface area contributed by atoms with E-state index >= 15 is 0 Å². The number of fused-ring (bicyclic) bond motifs is 1. The van der Waals surface area contributed by atoms with Gasteiger partial charge in [-0.3, -0.25) is 4.79 Å². The predicted molar refractivity (Wildman–Crippen MR) is 65.1 cm³/mol. The van der Waals surface area contributed by atoms with Gasteiger partial charge in [-0.1, -0.05) is 0 Å². The molecule has 2 atom stereocenters. The van der Waals surface area contributed by atoms with Crippen LogP contribution in [0.5, 0.6) is 0 Å². The second kappa shape index (κ2) is 4.23. The molecular weight excluding hydrogens is 232 g/mol. The third kappa shape index (κ3) is 1.72. The number of hydrogen-bond acceptors (Lipinski definition) is 3. The predicted octanol–water partition coefficient (Wildman–Crippen LogP) is 0.689. The van der Waals surface area contributed by atoms with Gasteiger partial charge < -0.3 is 14.9 Å². The number of aliphatic carboxylic acids is 1. The molecule has 0 bridgehead atoms. The SMILES string of the molecule is O=CN(C1CC1)C1(C(=O)O)CCN2CCCC2C1. The Balaban J connectivity index is 1.86. The van der Waals surface area contributed by atoms with Gasteiger partial charge in [0.1, 0.15) is 5.54 Å². The number of carboxylic acid groups (broad SMARTS) is 1. The summed E-state index contributed by atoms with van der Waals surface area (Å²) in [6.45, 7) is 1.90. The van der Waals surface area contributed by atoms with Gasteiger partial charge >= 0.3 is 5.97 Å². The van der Waals surface area contributed by atoms with E-state index in [9.17, 15) is 14.7 Å². The fourth-order valence-corrected chi connectivity index (χ4v) is 3.67. The minimum atomic E-state index is -0.936. The van der Waals surface area contributed by atoms with Gasteiger partial charge in [0.05, 0.1) is 0 Å². The van der Waals surface area contributed by atoms with E-state index in [1.807, 2.05) is 0 Å². The largest absolute Gasteiger partial charge is 0.479 e. The molecule has 5 nitrogen and oxygen atoms in total. The third-order valence-corrected chi connectivity index (χ3v) is 4.83. The van der Waals surface area contributed by atoms with E-state index < -0.39 is 11.5 Å². The van der Waals surface area contributed by atoms with Gasteiger partial charge in [-0.15, -0.1) is 0 Å². The number of amides is 1. The van der Waals surface area contributed by atoms with E-state index in [1.54, 1.807) is 4.90 Å². The Bertz CT molecular complexity index is 369. The van der Waals surface area contributed by atoms with Crippen molar-refractivity contribution >= 4 is 12.4 Å². The summed E-state index contributed by atoms with van der Waals surface area (Å²) in [7, 11) is 0. The zero-order valence-corrected chi connectivity index (χ0v) is 10.5. The Kier molecular flexibility index (Phi) is 2.81. The molecule has 100 valence electrons. The number of rotatable bonds is 4. The molecule has 1 aliphatic carbocycles. The topological polar surface area (TPSA) is 60.9 Å². The van der Waals surface area contributed by atoms with Crippen molar-refractivity contribution in [2.75, 3.05) is 13.1 Å². The summed E-state index contributed by atoms with van der Waals surface area (Å²) in [5, 5.41) is 9.67. The molecule has 1 saturated carbocycles. The Morgan fingerprint density at radius 3 is 2.72 bits per heavy atom. The highest BCUT2D eigenvalue weighted by atomic mass is 16.4. The van der Waals surface area contributed by atoms with Crippen molar-refractivity contribution in [2.45, 2.75) is 56.1 Å². The molecule has 1 N–H and O–H groups in total. The first kappa shape index (κ1) is 12.0. The molecule has 2 unspecified atom stereocenters. The summed E-state index contributed by atoms with van der Waals surface area (Å²) >= 11 is 0. The second-order valence-electron chi connectivity index (χ2n) is 5.87. The highest BCUT2D eigenvalue weighted by Crippen LogP contribution is 2.41. The summed E-state index contributed by atoms with van der Waals surface area (Å²) in [5.41, 5.74) is -0.936. The van der Waals surface area contributed by atoms with E-state index in [0.29, 0.717) is 18.9 Å². The van der Waals surface area contributed by atoms with E-state index in [4.69, 9.17) is 0 Å². The molecule has 3 aliphatic rings. The van der Waals surface area contributed by atoms with Crippen LogP contribution in [0.1, 0.15) is 38.5 Å². The van der Waals surface area contributed by atoms with E-state index in [2.05, 4.69) is 4.90 Å². The van der Waals surface area contributed by atoms with Crippen LogP contribution in [0.2, 0.25) is 0 Å². The summed E-state index contributed by atoms with van der Waals surface area (Å²) in [4.78, 5) is 27.1. The minimum Gasteiger partial charge on any atom is -0.479 e. The summed E-state index contributed by atoms with van der Waals surface area (Å²) in [6, 6.07) is 0.530. The molecule has 18 heavy (non-hydrogen) atoms. The monoisotopic (exact) mass is 252 g/mol. The average molecular weight is 252 g/mol. The van der Waals surface area contributed by atoms with Crippen LogP contribution in [0.25, 0.3) is 0 Å². The first-order chi connectivity index (χ1) is 8.67. The van der Waals surface area contributed by atoms with Gasteiger partial charge in [-0.05, 0) is 45.1 Å². The Labute approximate surface area is 107 Å². The maximum absolute atomic E-state index is 11.8. The van der Waals surface area contributed by atoms with Gasteiger partial charge in [0.25, 0.3) is 0 Å². The summed E-state index contributed by atoms with van der Waals surface area (Å²) < 4.78 is 0. The number of hydrogen-bond donors (Lipinski definition) is 1. The normalized spacial score (nSPS) is 36.1. The molecule has 5 heteroatoms. The summed E-state index contributed by atoms with van der Waals surface area (Å²) in [6.07, 6.45) is 6.11. The third-order valence-electron chi connectivity index (χ3n) is 4.83. The zero-order chi connectivity index (χ0) is 12.8. The Morgan fingerprint density at radius 1 is 1.33 bits per heavy atom. The van der Waals surface area contributed by atoms with Crippen LogP contribution in [-0.4, -0.2) is 58.0 Å². The molecule has 2 saturated heterocycles. The van der Waals surface area contributed by atoms with Gasteiger partial charge in [-0.2, -0.15) is 0 Å². The van der Waals surface area contributed by atoms with Crippen LogP contribution in [0, 0.1) is 0 Å². The second-order valence-corrected chi connectivity index (χ2v) is 5.87. The number of piperidine rings is 1. The highest BCUT2D eigenvalue weighted by molar-refractivity contribution is 5.82. The van der Waals surface area contributed by atoms with Crippen LogP contribution < -0.4 is 0 Å². The maximum Gasteiger partial charge on any atom is 0.329 e. The molecule has 0 radical (unpaired) electrons. The highest BCUT2D eigenvalue weighted by Gasteiger charge is 2.53. The summed E-state index contributed by atoms with van der Waals surface area (Å²) in [5.74, 6) is -0.812. The number of nitrogens with zero attached hydrogens (tertiary/aromatic N) is 2. The lowest BCUT2D eigenvalue weighted by Gasteiger charge is -2.46. The molecule has 2 aliphatic heterocycles. The lowest BCUT2D eigenvalue weighted by molar-refractivity contribution is -0.160. The minimum absolute atomic E-state index is 0.173. The molecule has 3 rings (SSSR count). The smallest absolute Gasteiger partial charge is 0.329 e. The van der Waals surface area contributed by atoms with Gasteiger partial charge in [0.15, 0.2) is 0 Å². The fourth-order valence-electron chi connectivity index (χ4n) is 3.67. The van der Waals surface area contributed by atoms with Crippen molar-refractivity contribution in [3.63, 3.8) is 0 Å². The number of carboxylic acids is 1. The Morgan fingerprint density at radius 2 is 2.11 bits per heavy atom. The van der Waals surface area contributed by atoms with Gasteiger partial charge in [0, 0.05) is 18.6 Å². The lowest BCUT2D eigenvalue weighted by Crippen LogP contribution is -2.62. The van der Waals surface area contributed by atoms with Crippen LogP contribution in [0.15, 0.2) is 0 Å². The molecule has 2 heterocycles. The lowest BCUT2D eigenvalue weighted by atomic mass is 9.81. The van der Waals surface area contributed by atoms with E-state index in [0.717, 1.165) is 45.2 Å².